The highest BCUT2D eigenvalue weighted by atomic mass is 16.2. The summed E-state index contributed by atoms with van der Waals surface area (Å²) in [4.78, 5) is 25.4. The lowest BCUT2D eigenvalue weighted by Gasteiger charge is -2.35. The van der Waals surface area contributed by atoms with Gasteiger partial charge < -0.3 is 9.69 Å². The van der Waals surface area contributed by atoms with E-state index in [1.54, 1.807) is 0 Å². The average Bonchev–Trinajstić information content (AvgIpc) is 3.01. The Hall–Kier alpha value is -1.65. The van der Waals surface area contributed by atoms with Gasteiger partial charge in [0.05, 0.1) is 12.2 Å². The number of aldehydes is 1. The SMILES string of the molecule is Cc1cnn(C2CCN(C(=O)C3CCC(C=O)CC3)CC2)c1. The summed E-state index contributed by atoms with van der Waals surface area (Å²) in [7, 11) is 0. The Labute approximate surface area is 131 Å². The molecule has 0 atom stereocenters. The Balaban J connectivity index is 1.51. The van der Waals surface area contributed by atoms with Crippen LogP contribution in [-0.4, -0.2) is 40.0 Å². The second kappa shape index (κ2) is 6.63. The van der Waals surface area contributed by atoms with Crippen molar-refractivity contribution in [2.24, 2.45) is 11.8 Å². The van der Waals surface area contributed by atoms with Gasteiger partial charge in [0.25, 0.3) is 0 Å². The van der Waals surface area contributed by atoms with Crippen molar-refractivity contribution in [3.05, 3.63) is 18.0 Å². The number of carbonyl (C=O) groups is 2. The summed E-state index contributed by atoms with van der Waals surface area (Å²) in [6.45, 7) is 3.71. The molecular formula is C17H25N3O2. The molecule has 0 N–H and O–H groups in total. The molecule has 5 heteroatoms. The van der Waals surface area contributed by atoms with E-state index in [2.05, 4.69) is 18.2 Å². The molecule has 1 aromatic rings. The van der Waals surface area contributed by atoms with Crippen LogP contribution in [0.4, 0.5) is 0 Å². The quantitative estimate of drug-likeness (QED) is 0.806. The Bertz CT molecular complexity index is 524. The first-order chi connectivity index (χ1) is 10.7. The van der Waals surface area contributed by atoms with E-state index in [1.165, 1.54) is 5.56 Å². The van der Waals surface area contributed by atoms with Crippen molar-refractivity contribution < 1.29 is 9.59 Å². The molecule has 1 aliphatic carbocycles. The van der Waals surface area contributed by atoms with Crippen molar-refractivity contribution in [1.82, 2.24) is 14.7 Å². The molecule has 2 fully saturated rings. The maximum atomic E-state index is 12.6. The molecule has 1 aliphatic heterocycles. The average molecular weight is 303 g/mol. The maximum Gasteiger partial charge on any atom is 0.225 e. The van der Waals surface area contributed by atoms with E-state index in [0.717, 1.165) is 57.9 Å². The van der Waals surface area contributed by atoms with Gasteiger partial charge in [-0.2, -0.15) is 5.10 Å². The van der Waals surface area contributed by atoms with E-state index in [4.69, 9.17) is 0 Å². The van der Waals surface area contributed by atoms with Crippen molar-refractivity contribution in [2.45, 2.75) is 51.5 Å². The van der Waals surface area contributed by atoms with Crippen LogP contribution in [0.25, 0.3) is 0 Å². The molecule has 1 aromatic heterocycles. The van der Waals surface area contributed by atoms with Gasteiger partial charge in [-0.25, -0.2) is 0 Å². The number of amides is 1. The van der Waals surface area contributed by atoms with E-state index < -0.39 is 0 Å². The van der Waals surface area contributed by atoms with Gasteiger partial charge in [-0.3, -0.25) is 9.48 Å². The van der Waals surface area contributed by atoms with E-state index in [9.17, 15) is 9.59 Å². The number of aryl methyl sites for hydroxylation is 1. The molecular weight excluding hydrogens is 278 g/mol. The lowest BCUT2D eigenvalue weighted by Crippen LogP contribution is -2.43. The molecule has 3 rings (SSSR count). The Morgan fingerprint density at radius 1 is 1.18 bits per heavy atom. The summed E-state index contributed by atoms with van der Waals surface area (Å²) >= 11 is 0. The van der Waals surface area contributed by atoms with Crippen LogP contribution >= 0.6 is 0 Å². The molecule has 0 bridgehead atoms. The lowest BCUT2D eigenvalue weighted by molar-refractivity contribution is -0.138. The highest BCUT2D eigenvalue weighted by Gasteiger charge is 2.31. The molecule has 22 heavy (non-hydrogen) atoms. The van der Waals surface area contributed by atoms with Crippen LogP contribution in [0, 0.1) is 18.8 Å². The number of piperidine rings is 1. The Kier molecular flexibility index (Phi) is 4.60. The zero-order chi connectivity index (χ0) is 15.5. The summed E-state index contributed by atoms with van der Waals surface area (Å²) in [5.74, 6) is 0.622. The number of rotatable bonds is 3. The summed E-state index contributed by atoms with van der Waals surface area (Å²) in [6, 6.07) is 0.420. The van der Waals surface area contributed by atoms with Gasteiger partial charge in [-0.1, -0.05) is 0 Å². The third-order valence-electron chi connectivity index (χ3n) is 5.19. The molecule has 5 nitrogen and oxygen atoms in total. The zero-order valence-corrected chi connectivity index (χ0v) is 13.3. The van der Waals surface area contributed by atoms with Crippen LogP contribution < -0.4 is 0 Å². The lowest BCUT2D eigenvalue weighted by atomic mass is 9.82. The number of hydrogen-bond acceptors (Lipinski definition) is 3. The molecule has 0 spiro atoms. The fourth-order valence-electron chi connectivity index (χ4n) is 3.74. The molecule has 0 radical (unpaired) electrons. The van der Waals surface area contributed by atoms with E-state index >= 15 is 0 Å². The second-order valence-electron chi connectivity index (χ2n) is 6.80. The predicted octanol–water partition coefficient (Wildman–Crippen LogP) is 2.36. The second-order valence-corrected chi connectivity index (χ2v) is 6.80. The number of hydrogen-bond donors (Lipinski definition) is 0. The summed E-state index contributed by atoms with van der Waals surface area (Å²) in [5.41, 5.74) is 1.19. The van der Waals surface area contributed by atoms with Crippen LogP contribution in [0.2, 0.25) is 0 Å². The minimum atomic E-state index is 0.139. The predicted molar refractivity (Wildman–Crippen MR) is 83.3 cm³/mol. The van der Waals surface area contributed by atoms with E-state index in [1.807, 2.05) is 15.8 Å². The molecule has 0 aromatic carbocycles. The number of carbonyl (C=O) groups excluding carboxylic acids is 2. The number of nitrogens with zero attached hydrogens (tertiary/aromatic N) is 3. The number of likely N-dealkylation sites (tertiary alicyclic amines) is 1. The first-order valence-electron chi connectivity index (χ1n) is 8.42. The van der Waals surface area contributed by atoms with Crippen LogP contribution in [0.5, 0.6) is 0 Å². The van der Waals surface area contributed by atoms with Crippen LogP contribution in [0.1, 0.15) is 50.1 Å². The van der Waals surface area contributed by atoms with Gasteiger partial charge >= 0.3 is 0 Å². The van der Waals surface area contributed by atoms with Crippen LogP contribution in [0.15, 0.2) is 12.4 Å². The third-order valence-corrected chi connectivity index (χ3v) is 5.19. The van der Waals surface area contributed by atoms with Gasteiger partial charge in [-0.15, -0.1) is 0 Å². The molecule has 2 heterocycles. The van der Waals surface area contributed by atoms with Crippen molar-refractivity contribution >= 4 is 12.2 Å². The van der Waals surface area contributed by atoms with Crippen molar-refractivity contribution in [2.75, 3.05) is 13.1 Å². The van der Waals surface area contributed by atoms with Gasteiger partial charge in [0, 0.05) is 31.1 Å². The Morgan fingerprint density at radius 2 is 1.86 bits per heavy atom. The molecule has 120 valence electrons. The fraction of sp³-hybridized carbons (Fsp3) is 0.706. The van der Waals surface area contributed by atoms with Gasteiger partial charge in [0.1, 0.15) is 6.29 Å². The topological polar surface area (TPSA) is 55.2 Å². The van der Waals surface area contributed by atoms with Gasteiger partial charge in [-0.05, 0) is 51.0 Å². The van der Waals surface area contributed by atoms with Crippen molar-refractivity contribution in [1.29, 1.82) is 0 Å². The minimum Gasteiger partial charge on any atom is -0.342 e. The summed E-state index contributed by atoms with van der Waals surface area (Å²) in [6.07, 6.45) is 10.5. The number of aromatic nitrogens is 2. The van der Waals surface area contributed by atoms with Crippen molar-refractivity contribution in [3.8, 4) is 0 Å². The first kappa shape index (κ1) is 15.3. The zero-order valence-electron chi connectivity index (χ0n) is 13.3. The Morgan fingerprint density at radius 3 is 2.41 bits per heavy atom. The molecule has 0 unspecified atom stereocenters. The molecule has 2 aliphatic rings. The van der Waals surface area contributed by atoms with E-state index in [0.29, 0.717) is 11.9 Å². The monoisotopic (exact) mass is 303 g/mol. The minimum absolute atomic E-state index is 0.139. The maximum absolute atomic E-state index is 12.6. The molecule has 1 amide bonds. The highest BCUT2D eigenvalue weighted by Crippen LogP contribution is 2.30. The van der Waals surface area contributed by atoms with Crippen LogP contribution in [0.3, 0.4) is 0 Å². The molecule has 1 saturated carbocycles. The summed E-state index contributed by atoms with van der Waals surface area (Å²) < 4.78 is 2.05. The molecule has 1 saturated heterocycles. The largest absolute Gasteiger partial charge is 0.342 e. The van der Waals surface area contributed by atoms with E-state index in [-0.39, 0.29) is 11.8 Å². The van der Waals surface area contributed by atoms with Crippen molar-refractivity contribution in [3.63, 3.8) is 0 Å². The third kappa shape index (κ3) is 3.23. The van der Waals surface area contributed by atoms with Gasteiger partial charge in [0.2, 0.25) is 5.91 Å². The smallest absolute Gasteiger partial charge is 0.225 e. The summed E-state index contributed by atoms with van der Waals surface area (Å²) in [5, 5.41) is 4.40. The first-order valence-corrected chi connectivity index (χ1v) is 8.42. The van der Waals surface area contributed by atoms with Crippen LogP contribution in [-0.2, 0) is 9.59 Å². The fourth-order valence-corrected chi connectivity index (χ4v) is 3.74. The standard InChI is InChI=1S/C17H25N3O2/c1-13-10-18-20(11-13)16-6-8-19(9-7-16)17(22)15-4-2-14(12-21)3-5-15/h10-12,14-16H,2-9H2,1H3. The van der Waals surface area contributed by atoms with Gasteiger partial charge in [0.15, 0.2) is 0 Å². The normalized spacial score (nSPS) is 26.9. The highest BCUT2D eigenvalue weighted by molar-refractivity contribution is 5.79.